The predicted molar refractivity (Wildman–Crippen MR) is 87.0 cm³/mol. The summed E-state index contributed by atoms with van der Waals surface area (Å²) in [6, 6.07) is 5.05. The van der Waals surface area contributed by atoms with Crippen molar-refractivity contribution in [2.24, 2.45) is 0 Å². The standard InChI is InChI=1S/C16H24BrFN2O/c1-12(14-10-13(17)4-5-15(14)18)19-11-16(2,3)20-6-8-21-9-7-20/h4-5,10,12,19H,6-9,11H2,1-3H3. The first-order valence-corrected chi connectivity index (χ1v) is 8.20. The van der Waals surface area contributed by atoms with Crippen LogP contribution >= 0.6 is 15.9 Å². The highest BCUT2D eigenvalue weighted by atomic mass is 79.9. The Kier molecular flexibility index (Phi) is 5.77. The SMILES string of the molecule is CC(NCC(C)(C)N1CCOCC1)c1cc(Br)ccc1F. The van der Waals surface area contributed by atoms with Gasteiger partial charge in [-0.25, -0.2) is 4.39 Å². The molecule has 0 amide bonds. The van der Waals surface area contributed by atoms with E-state index >= 15 is 0 Å². The third-order valence-corrected chi connectivity index (χ3v) is 4.63. The van der Waals surface area contributed by atoms with E-state index in [2.05, 4.69) is 40.0 Å². The first-order valence-electron chi connectivity index (χ1n) is 7.41. The molecule has 1 aliphatic rings. The molecule has 1 saturated heterocycles. The molecule has 1 aliphatic heterocycles. The second kappa shape index (κ2) is 7.18. The van der Waals surface area contributed by atoms with Gasteiger partial charge in [-0.05, 0) is 39.0 Å². The number of benzene rings is 1. The summed E-state index contributed by atoms with van der Waals surface area (Å²) in [7, 11) is 0. The minimum atomic E-state index is -0.164. The molecule has 0 bridgehead atoms. The maximum absolute atomic E-state index is 13.9. The Morgan fingerprint density at radius 3 is 2.71 bits per heavy atom. The zero-order valence-corrected chi connectivity index (χ0v) is 14.5. The summed E-state index contributed by atoms with van der Waals surface area (Å²) in [4.78, 5) is 2.42. The van der Waals surface area contributed by atoms with Gasteiger partial charge in [0.25, 0.3) is 0 Å². The summed E-state index contributed by atoms with van der Waals surface area (Å²) in [5.41, 5.74) is 0.725. The van der Waals surface area contributed by atoms with Gasteiger partial charge in [-0.3, -0.25) is 4.90 Å². The maximum atomic E-state index is 13.9. The molecular formula is C16H24BrFN2O. The average molecular weight is 359 g/mol. The monoisotopic (exact) mass is 358 g/mol. The Morgan fingerprint density at radius 1 is 1.38 bits per heavy atom. The molecule has 1 aromatic carbocycles. The topological polar surface area (TPSA) is 24.5 Å². The van der Waals surface area contributed by atoms with Crippen LogP contribution in [0, 0.1) is 5.82 Å². The minimum absolute atomic E-state index is 0.0252. The second-order valence-corrected chi connectivity index (χ2v) is 7.10. The molecule has 0 radical (unpaired) electrons. The summed E-state index contributed by atoms with van der Waals surface area (Å²) in [6.45, 7) is 10.7. The molecule has 0 saturated carbocycles. The molecule has 1 unspecified atom stereocenters. The van der Waals surface area contributed by atoms with Crippen molar-refractivity contribution in [3.63, 3.8) is 0 Å². The van der Waals surface area contributed by atoms with Crippen molar-refractivity contribution in [2.75, 3.05) is 32.8 Å². The van der Waals surface area contributed by atoms with Gasteiger partial charge >= 0.3 is 0 Å². The van der Waals surface area contributed by atoms with Crippen molar-refractivity contribution in [3.8, 4) is 0 Å². The Morgan fingerprint density at radius 2 is 2.05 bits per heavy atom. The summed E-state index contributed by atoms with van der Waals surface area (Å²) < 4.78 is 20.2. The van der Waals surface area contributed by atoms with E-state index in [4.69, 9.17) is 4.74 Å². The number of morpholine rings is 1. The van der Waals surface area contributed by atoms with Crippen LogP contribution in [0.25, 0.3) is 0 Å². The van der Waals surface area contributed by atoms with Crippen molar-refractivity contribution in [3.05, 3.63) is 34.1 Å². The Hall–Kier alpha value is -0.490. The van der Waals surface area contributed by atoms with Gasteiger partial charge in [0.05, 0.1) is 13.2 Å². The Labute approximate surface area is 135 Å². The number of ether oxygens (including phenoxy) is 1. The van der Waals surface area contributed by atoms with E-state index in [-0.39, 0.29) is 17.4 Å². The van der Waals surface area contributed by atoms with Crippen molar-refractivity contribution < 1.29 is 9.13 Å². The van der Waals surface area contributed by atoms with E-state index in [1.165, 1.54) is 6.07 Å². The first kappa shape index (κ1) is 16.9. The molecule has 21 heavy (non-hydrogen) atoms. The van der Waals surface area contributed by atoms with E-state index in [0.717, 1.165) is 37.3 Å². The van der Waals surface area contributed by atoms with E-state index in [1.54, 1.807) is 6.07 Å². The van der Waals surface area contributed by atoms with Crippen molar-refractivity contribution in [1.29, 1.82) is 0 Å². The number of nitrogens with one attached hydrogen (secondary N) is 1. The quantitative estimate of drug-likeness (QED) is 0.873. The van der Waals surface area contributed by atoms with Gasteiger partial charge in [0.2, 0.25) is 0 Å². The van der Waals surface area contributed by atoms with Crippen LogP contribution in [0.3, 0.4) is 0 Å². The fourth-order valence-electron chi connectivity index (χ4n) is 2.64. The highest BCUT2D eigenvalue weighted by Gasteiger charge is 2.28. The fraction of sp³-hybridized carbons (Fsp3) is 0.625. The number of rotatable bonds is 5. The van der Waals surface area contributed by atoms with Gasteiger partial charge in [-0.15, -0.1) is 0 Å². The zero-order chi connectivity index (χ0) is 15.5. The average Bonchev–Trinajstić information content (AvgIpc) is 2.48. The van der Waals surface area contributed by atoms with E-state index in [9.17, 15) is 4.39 Å². The van der Waals surface area contributed by atoms with Crippen LogP contribution < -0.4 is 5.32 Å². The molecule has 1 aromatic rings. The van der Waals surface area contributed by atoms with Crippen LogP contribution in [0.1, 0.15) is 32.4 Å². The maximum Gasteiger partial charge on any atom is 0.128 e. The molecule has 1 atom stereocenters. The lowest BCUT2D eigenvalue weighted by atomic mass is 10.0. The molecule has 2 rings (SSSR count). The van der Waals surface area contributed by atoms with Crippen LogP contribution in [-0.2, 0) is 4.74 Å². The highest BCUT2D eigenvalue weighted by molar-refractivity contribution is 9.10. The smallest absolute Gasteiger partial charge is 0.128 e. The summed E-state index contributed by atoms with van der Waals surface area (Å²) in [6.07, 6.45) is 0. The predicted octanol–water partition coefficient (Wildman–Crippen LogP) is 3.35. The van der Waals surface area contributed by atoms with Crippen molar-refractivity contribution >= 4 is 15.9 Å². The van der Waals surface area contributed by atoms with Gasteiger partial charge in [0.15, 0.2) is 0 Å². The largest absolute Gasteiger partial charge is 0.379 e. The highest BCUT2D eigenvalue weighted by Crippen LogP contribution is 2.23. The molecule has 5 heteroatoms. The fourth-order valence-corrected chi connectivity index (χ4v) is 3.02. The molecular weight excluding hydrogens is 335 g/mol. The van der Waals surface area contributed by atoms with Crippen LogP contribution in [-0.4, -0.2) is 43.3 Å². The first-order chi connectivity index (χ1) is 9.90. The van der Waals surface area contributed by atoms with Gasteiger partial charge in [-0.1, -0.05) is 15.9 Å². The molecule has 1 N–H and O–H groups in total. The summed E-state index contributed by atoms with van der Waals surface area (Å²) >= 11 is 3.40. The van der Waals surface area contributed by atoms with Gasteiger partial charge in [-0.2, -0.15) is 0 Å². The third-order valence-electron chi connectivity index (χ3n) is 4.13. The molecule has 0 aromatic heterocycles. The molecule has 0 spiro atoms. The van der Waals surface area contributed by atoms with Crippen LogP contribution in [0.5, 0.6) is 0 Å². The summed E-state index contributed by atoms with van der Waals surface area (Å²) in [5, 5.41) is 3.46. The van der Waals surface area contributed by atoms with E-state index < -0.39 is 0 Å². The molecule has 1 heterocycles. The lowest BCUT2D eigenvalue weighted by Gasteiger charge is -2.41. The third kappa shape index (κ3) is 4.49. The van der Waals surface area contributed by atoms with Crippen LogP contribution in [0.15, 0.2) is 22.7 Å². The van der Waals surface area contributed by atoms with Crippen LogP contribution in [0.2, 0.25) is 0 Å². The number of nitrogens with zero attached hydrogens (tertiary/aromatic N) is 1. The number of hydrogen-bond acceptors (Lipinski definition) is 3. The van der Waals surface area contributed by atoms with E-state index in [0.29, 0.717) is 5.56 Å². The van der Waals surface area contributed by atoms with Gasteiger partial charge in [0.1, 0.15) is 5.82 Å². The van der Waals surface area contributed by atoms with Crippen LogP contribution in [0.4, 0.5) is 4.39 Å². The summed E-state index contributed by atoms with van der Waals surface area (Å²) in [5.74, 6) is -0.164. The lowest BCUT2D eigenvalue weighted by molar-refractivity contribution is -0.0102. The number of halogens is 2. The van der Waals surface area contributed by atoms with E-state index in [1.807, 2.05) is 13.0 Å². The van der Waals surface area contributed by atoms with Gasteiger partial charge in [0, 0.05) is 41.3 Å². The van der Waals surface area contributed by atoms with Crippen molar-refractivity contribution in [2.45, 2.75) is 32.4 Å². The lowest BCUT2D eigenvalue weighted by Crippen LogP contribution is -2.54. The Balaban J connectivity index is 1.96. The normalized spacial score (nSPS) is 18.7. The number of hydrogen-bond donors (Lipinski definition) is 1. The zero-order valence-electron chi connectivity index (χ0n) is 13.0. The molecule has 0 aliphatic carbocycles. The Bertz CT molecular complexity index is 475. The molecule has 118 valence electrons. The second-order valence-electron chi connectivity index (χ2n) is 6.18. The van der Waals surface area contributed by atoms with Crippen molar-refractivity contribution in [1.82, 2.24) is 10.2 Å². The van der Waals surface area contributed by atoms with Gasteiger partial charge < -0.3 is 10.1 Å². The molecule has 3 nitrogen and oxygen atoms in total. The minimum Gasteiger partial charge on any atom is -0.379 e. The molecule has 1 fully saturated rings.